The SMILES string of the molecule is C[C@H](NCc1cc(Br)cs1)c1cccnc1. The van der Waals surface area contributed by atoms with Gasteiger partial charge in [-0.15, -0.1) is 11.3 Å². The highest BCUT2D eigenvalue weighted by molar-refractivity contribution is 9.10. The van der Waals surface area contributed by atoms with Gasteiger partial charge in [0.05, 0.1) is 0 Å². The van der Waals surface area contributed by atoms with Gasteiger partial charge < -0.3 is 5.32 Å². The third-order valence-electron chi connectivity index (χ3n) is 2.39. The average Bonchev–Trinajstić information content (AvgIpc) is 2.73. The molecule has 0 aliphatic carbocycles. The van der Waals surface area contributed by atoms with Crippen molar-refractivity contribution in [1.82, 2.24) is 10.3 Å². The topological polar surface area (TPSA) is 24.9 Å². The zero-order chi connectivity index (χ0) is 11.4. The zero-order valence-electron chi connectivity index (χ0n) is 8.98. The number of thiophene rings is 1. The highest BCUT2D eigenvalue weighted by atomic mass is 79.9. The first-order valence-electron chi connectivity index (χ1n) is 5.12. The number of halogens is 1. The van der Waals surface area contributed by atoms with Crippen LogP contribution in [0.5, 0.6) is 0 Å². The van der Waals surface area contributed by atoms with Gasteiger partial charge in [-0.3, -0.25) is 4.98 Å². The van der Waals surface area contributed by atoms with Crippen LogP contribution in [-0.4, -0.2) is 4.98 Å². The summed E-state index contributed by atoms with van der Waals surface area (Å²) in [6.07, 6.45) is 3.70. The molecule has 4 heteroatoms. The molecule has 0 aliphatic rings. The van der Waals surface area contributed by atoms with Crippen molar-refractivity contribution in [3.05, 3.63) is 50.9 Å². The molecule has 16 heavy (non-hydrogen) atoms. The fraction of sp³-hybridized carbons (Fsp3) is 0.250. The van der Waals surface area contributed by atoms with Crippen LogP contribution in [0.3, 0.4) is 0 Å². The van der Waals surface area contributed by atoms with E-state index in [2.05, 4.69) is 50.7 Å². The van der Waals surface area contributed by atoms with Gasteiger partial charge in [-0.1, -0.05) is 6.07 Å². The Hall–Kier alpha value is -0.710. The van der Waals surface area contributed by atoms with Gasteiger partial charge in [-0.05, 0) is 40.5 Å². The molecule has 0 amide bonds. The van der Waals surface area contributed by atoms with E-state index in [4.69, 9.17) is 0 Å². The third kappa shape index (κ3) is 3.14. The molecule has 1 N–H and O–H groups in total. The molecule has 0 saturated heterocycles. The Labute approximate surface area is 108 Å². The van der Waals surface area contributed by atoms with Crippen molar-refractivity contribution in [2.24, 2.45) is 0 Å². The van der Waals surface area contributed by atoms with Crippen molar-refractivity contribution in [3.8, 4) is 0 Å². The molecule has 0 aliphatic heterocycles. The molecule has 0 unspecified atom stereocenters. The Morgan fingerprint density at radius 1 is 1.56 bits per heavy atom. The first-order valence-corrected chi connectivity index (χ1v) is 6.79. The van der Waals surface area contributed by atoms with Gasteiger partial charge in [0.1, 0.15) is 0 Å². The summed E-state index contributed by atoms with van der Waals surface area (Å²) in [5, 5.41) is 5.58. The van der Waals surface area contributed by atoms with Gasteiger partial charge in [-0.25, -0.2) is 0 Å². The maximum Gasteiger partial charge on any atom is 0.0315 e. The molecule has 2 aromatic rings. The van der Waals surface area contributed by atoms with E-state index in [0.717, 1.165) is 11.0 Å². The summed E-state index contributed by atoms with van der Waals surface area (Å²) in [4.78, 5) is 5.46. The van der Waals surface area contributed by atoms with Crippen LogP contribution in [0.2, 0.25) is 0 Å². The van der Waals surface area contributed by atoms with E-state index in [9.17, 15) is 0 Å². The molecule has 2 aromatic heterocycles. The number of nitrogens with zero attached hydrogens (tertiary/aromatic N) is 1. The Balaban J connectivity index is 1.91. The number of nitrogens with one attached hydrogen (secondary N) is 1. The summed E-state index contributed by atoms with van der Waals surface area (Å²) in [6.45, 7) is 3.05. The normalized spacial score (nSPS) is 12.6. The van der Waals surface area contributed by atoms with Crippen LogP contribution >= 0.6 is 27.3 Å². The molecule has 1 atom stereocenters. The van der Waals surface area contributed by atoms with E-state index >= 15 is 0 Å². The van der Waals surface area contributed by atoms with Crippen LogP contribution in [0, 0.1) is 0 Å². The Bertz CT molecular complexity index is 441. The fourth-order valence-electron chi connectivity index (χ4n) is 1.45. The minimum absolute atomic E-state index is 0.328. The molecule has 0 spiro atoms. The smallest absolute Gasteiger partial charge is 0.0315 e. The van der Waals surface area contributed by atoms with Gasteiger partial charge >= 0.3 is 0 Å². The van der Waals surface area contributed by atoms with Crippen molar-refractivity contribution in [1.29, 1.82) is 0 Å². The first-order chi connectivity index (χ1) is 7.75. The van der Waals surface area contributed by atoms with Gasteiger partial charge in [0.25, 0.3) is 0 Å². The summed E-state index contributed by atoms with van der Waals surface area (Å²) >= 11 is 5.22. The van der Waals surface area contributed by atoms with E-state index in [0.29, 0.717) is 6.04 Å². The number of hydrogen-bond donors (Lipinski definition) is 1. The second-order valence-corrected chi connectivity index (χ2v) is 5.53. The van der Waals surface area contributed by atoms with E-state index in [1.54, 1.807) is 17.5 Å². The van der Waals surface area contributed by atoms with Crippen molar-refractivity contribution in [2.75, 3.05) is 0 Å². The molecular weight excluding hydrogens is 284 g/mol. The molecule has 2 nitrogen and oxygen atoms in total. The summed E-state index contributed by atoms with van der Waals surface area (Å²) in [7, 11) is 0. The first kappa shape index (κ1) is 11.8. The van der Waals surface area contributed by atoms with Gasteiger partial charge in [0.15, 0.2) is 0 Å². The average molecular weight is 297 g/mol. The monoisotopic (exact) mass is 296 g/mol. The van der Waals surface area contributed by atoms with Crippen LogP contribution < -0.4 is 5.32 Å². The molecule has 0 saturated carbocycles. The Kier molecular flexibility index (Phi) is 4.09. The lowest BCUT2D eigenvalue weighted by Crippen LogP contribution is -2.17. The van der Waals surface area contributed by atoms with Gasteiger partial charge in [0, 0.05) is 39.7 Å². The van der Waals surface area contributed by atoms with Crippen LogP contribution in [0.25, 0.3) is 0 Å². The minimum atomic E-state index is 0.328. The number of pyridine rings is 1. The van der Waals surface area contributed by atoms with Crippen molar-refractivity contribution in [3.63, 3.8) is 0 Å². The summed E-state index contributed by atoms with van der Waals surface area (Å²) in [5.41, 5.74) is 1.22. The van der Waals surface area contributed by atoms with Crippen LogP contribution in [0.4, 0.5) is 0 Å². The largest absolute Gasteiger partial charge is 0.305 e. The molecular formula is C12H13BrN2S. The molecule has 0 aromatic carbocycles. The fourth-order valence-corrected chi connectivity index (χ4v) is 2.85. The van der Waals surface area contributed by atoms with Crippen molar-refractivity contribution >= 4 is 27.3 Å². The Morgan fingerprint density at radius 3 is 3.06 bits per heavy atom. The quantitative estimate of drug-likeness (QED) is 0.929. The molecule has 0 radical (unpaired) electrons. The van der Waals surface area contributed by atoms with Crippen LogP contribution in [-0.2, 0) is 6.54 Å². The number of rotatable bonds is 4. The summed E-state index contributed by atoms with van der Waals surface area (Å²) in [6, 6.07) is 6.53. The summed E-state index contributed by atoms with van der Waals surface area (Å²) in [5.74, 6) is 0. The van der Waals surface area contributed by atoms with Gasteiger partial charge in [-0.2, -0.15) is 0 Å². The summed E-state index contributed by atoms with van der Waals surface area (Å²) < 4.78 is 1.16. The Morgan fingerprint density at radius 2 is 2.44 bits per heavy atom. The van der Waals surface area contributed by atoms with E-state index < -0.39 is 0 Å². The van der Waals surface area contributed by atoms with Crippen LogP contribution in [0.1, 0.15) is 23.4 Å². The van der Waals surface area contributed by atoms with Crippen molar-refractivity contribution in [2.45, 2.75) is 19.5 Å². The van der Waals surface area contributed by atoms with E-state index in [-0.39, 0.29) is 0 Å². The van der Waals surface area contributed by atoms with Crippen molar-refractivity contribution < 1.29 is 0 Å². The highest BCUT2D eigenvalue weighted by Gasteiger charge is 2.05. The number of aromatic nitrogens is 1. The highest BCUT2D eigenvalue weighted by Crippen LogP contribution is 2.20. The lowest BCUT2D eigenvalue weighted by Gasteiger charge is -2.12. The zero-order valence-corrected chi connectivity index (χ0v) is 11.4. The predicted molar refractivity (Wildman–Crippen MR) is 71.5 cm³/mol. The van der Waals surface area contributed by atoms with E-state index in [1.165, 1.54) is 10.4 Å². The number of hydrogen-bond acceptors (Lipinski definition) is 3. The standard InChI is InChI=1S/C12H13BrN2S/c1-9(10-3-2-4-14-6-10)15-7-12-5-11(13)8-16-12/h2-6,8-9,15H,7H2,1H3/t9-/m0/s1. The maximum absolute atomic E-state index is 4.12. The second kappa shape index (κ2) is 5.57. The van der Waals surface area contributed by atoms with E-state index in [1.807, 2.05) is 12.3 Å². The third-order valence-corrected chi connectivity index (χ3v) is 4.09. The maximum atomic E-state index is 4.12. The molecule has 0 bridgehead atoms. The lowest BCUT2D eigenvalue weighted by atomic mass is 10.1. The second-order valence-electron chi connectivity index (χ2n) is 3.62. The molecule has 84 valence electrons. The molecule has 2 rings (SSSR count). The lowest BCUT2D eigenvalue weighted by molar-refractivity contribution is 0.577. The molecule has 2 heterocycles. The predicted octanol–water partition coefficient (Wildman–Crippen LogP) is 3.76. The minimum Gasteiger partial charge on any atom is -0.305 e. The van der Waals surface area contributed by atoms with Crippen LogP contribution in [0.15, 0.2) is 40.4 Å². The molecule has 0 fully saturated rings. The van der Waals surface area contributed by atoms with Gasteiger partial charge in [0.2, 0.25) is 0 Å².